The van der Waals surface area contributed by atoms with E-state index in [1.54, 1.807) is 24.4 Å². The summed E-state index contributed by atoms with van der Waals surface area (Å²) in [6.45, 7) is 0. The van der Waals surface area contributed by atoms with Gasteiger partial charge < -0.3 is 9.88 Å². The lowest BCUT2D eigenvalue weighted by atomic mass is 10.1. The molecular formula is C18H15Cl2N3O. The molecule has 2 aromatic carbocycles. The van der Waals surface area contributed by atoms with Gasteiger partial charge in [0, 0.05) is 25.0 Å². The molecule has 4 nitrogen and oxygen atoms in total. The molecule has 6 heteroatoms. The molecule has 1 aromatic heterocycles. The fourth-order valence-electron chi connectivity index (χ4n) is 2.45. The average Bonchev–Trinajstić information content (AvgIpc) is 3.01. The van der Waals surface area contributed by atoms with Crippen LogP contribution in [0.5, 0.6) is 0 Å². The zero-order valence-corrected chi connectivity index (χ0v) is 14.4. The molecule has 0 radical (unpaired) electrons. The van der Waals surface area contributed by atoms with Crippen molar-refractivity contribution >= 4 is 29.1 Å². The Labute approximate surface area is 150 Å². The molecule has 0 saturated heterocycles. The molecule has 0 bridgehead atoms. The highest BCUT2D eigenvalue weighted by molar-refractivity contribution is 6.42. The molecule has 0 spiro atoms. The molecule has 1 N–H and O–H groups in total. The van der Waals surface area contributed by atoms with E-state index in [0.717, 1.165) is 11.4 Å². The van der Waals surface area contributed by atoms with Gasteiger partial charge in [-0.05, 0) is 23.8 Å². The third kappa shape index (κ3) is 3.45. The summed E-state index contributed by atoms with van der Waals surface area (Å²) < 4.78 is 1.88. The van der Waals surface area contributed by atoms with Crippen LogP contribution in [0.15, 0.2) is 60.9 Å². The third-order valence-electron chi connectivity index (χ3n) is 3.71. The molecule has 1 amide bonds. The Morgan fingerprint density at radius 1 is 1.12 bits per heavy atom. The summed E-state index contributed by atoms with van der Waals surface area (Å²) in [4.78, 5) is 17.0. The summed E-state index contributed by atoms with van der Waals surface area (Å²) in [6, 6.07) is 14.1. The first-order valence-corrected chi connectivity index (χ1v) is 8.10. The van der Waals surface area contributed by atoms with Gasteiger partial charge in [0.25, 0.3) is 5.91 Å². The van der Waals surface area contributed by atoms with Crippen LogP contribution in [-0.2, 0) is 7.05 Å². The number of nitrogens with one attached hydrogen (secondary N) is 1. The maximum Gasteiger partial charge on any atom is 0.252 e. The van der Waals surface area contributed by atoms with Crippen LogP contribution < -0.4 is 5.32 Å². The summed E-state index contributed by atoms with van der Waals surface area (Å²) in [5, 5.41) is 3.77. The van der Waals surface area contributed by atoms with E-state index in [4.69, 9.17) is 23.2 Å². The van der Waals surface area contributed by atoms with E-state index in [2.05, 4.69) is 10.3 Å². The summed E-state index contributed by atoms with van der Waals surface area (Å²) in [5.74, 6) is 0.500. The first kappa shape index (κ1) is 16.6. The number of rotatable bonds is 4. The lowest BCUT2D eigenvalue weighted by molar-refractivity contribution is 0.0941. The number of hydrogen-bond acceptors (Lipinski definition) is 2. The Morgan fingerprint density at radius 2 is 1.88 bits per heavy atom. The van der Waals surface area contributed by atoms with Crippen LogP contribution in [0.3, 0.4) is 0 Å². The van der Waals surface area contributed by atoms with Crippen LogP contribution in [0, 0.1) is 0 Å². The first-order valence-electron chi connectivity index (χ1n) is 7.34. The average molecular weight is 360 g/mol. The molecule has 122 valence electrons. The summed E-state index contributed by atoms with van der Waals surface area (Å²) >= 11 is 11.9. The maximum absolute atomic E-state index is 12.6. The van der Waals surface area contributed by atoms with Gasteiger partial charge in [0.15, 0.2) is 0 Å². The van der Waals surface area contributed by atoms with Gasteiger partial charge in [0.2, 0.25) is 0 Å². The van der Waals surface area contributed by atoms with E-state index in [1.807, 2.05) is 48.1 Å². The number of amides is 1. The van der Waals surface area contributed by atoms with E-state index in [1.165, 1.54) is 0 Å². The zero-order valence-electron chi connectivity index (χ0n) is 12.9. The third-order valence-corrected chi connectivity index (χ3v) is 4.45. The minimum Gasteiger partial charge on any atom is -0.338 e. The smallest absolute Gasteiger partial charge is 0.252 e. The van der Waals surface area contributed by atoms with Crippen LogP contribution in [0.1, 0.15) is 27.8 Å². The number of imidazole rings is 1. The number of aromatic nitrogens is 2. The number of aryl methyl sites for hydroxylation is 1. The van der Waals surface area contributed by atoms with Gasteiger partial charge in [-0.2, -0.15) is 0 Å². The van der Waals surface area contributed by atoms with Crippen LogP contribution in [0.4, 0.5) is 0 Å². The fourth-order valence-corrected chi connectivity index (χ4v) is 2.75. The predicted molar refractivity (Wildman–Crippen MR) is 95.4 cm³/mol. The van der Waals surface area contributed by atoms with E-state index < -0.39 is 0 Å². The molecule has 1 heterocycles. The lowest BCUT2D eigenvalue weighted by Gasteiger charge is -2.19. The van der Waals surface area contributed by atoms with Crippen LogP contribution in [0.25, 0.3) is 0 Å². The van der Waals surface area contributed by atoms with Crippen molar-refractivity contribution in [3.8, 4) is 0 Å². The Hall–Kier alpha value is -2.30. The highest BCUT2D eigenvalue weighted by Crippen LogP contribution is 2.24. The normalized spacial score (nSPS) is 12.0. The highest BCUT2D eigenvalue weighted by Gasteiger charge is 2.21. The highest BCUT2D eigenvalue weighted by atomic mass is 35.5. The molecule has 3 aromatic rings. The topological polar surface area (TPSA) is 46.9 Å². The van der Waals surface area contributed by atoms with E-state index in [0.29, 0.717) is 15.6 Å². The second-order valence-electron chi connectivity index (χ2n) is 5.34. The first-order chi connectivity index (χ1) is 11.6. The summed E-state index contributed by atoms with van der Waals surface area (Å²) in [7, 11) is 1.89. The molecule has 0 aliphatic carbocycles. The second kappa shape index (κ2) is 7.07. The number of hydrogen-bond donors (Lipinski definition) is 1. The Balaban J connectivity index is 1.93. The van der Waals surface area contributed by atoms with Crippen molar-refractivity contribution in [2.75, 3.05) is 0 Å². The monoisotopic (exact) mass is 359 g/mol. The van der Waals surface area contributed by atoms with Crippen molar-refractivity contribution in [3.05, 3.63) is 87.9 Å². The molecule has 0 aliphatic rings. The quantitative estimate of drug-likeness (QED) is 0.756. The Morgan fingerprint density at radius 3 is 2.50 bits per heavy atom. The molecule has 24 heavy (non-hydrogen) atoms. The van der Waals surface area contributed by atoms with Crippen molar-refractivity contribution < 1.29 is 4.79 Å². The van der Waals surface area contributed by atoms with Crippen LogP contribution in [0.2, 0.25) is 10.0 Å². The SMILES string of the molecule is Cn1ccnc1[C@H](NC(=O)c1ccc(Cl)c(Cl)c1)c1ccccc1. The lowest BCUT2D eigenvalue weighted by Crippen LogP contribution is -2.31. The van der Waals surface area contributed by atoms with Gasteiger partial charge in [0.1, 0.15) is 11.9 Å². The van der Waals surface area contributed by atoms with E-state index >= 15 is 0 Å². The van der Waals surface area contributed by atoms with E-state index in [9.17, 15) is 4.79 Å². The molecular weight excluding hydrogens is 345 g/mol. The summed E-state index contributed by atoms with van der Waals surface area (Å²) in [6.07, 6.45) is 3.55. The number of benzene rings is 2. The maximum atomic E-state index is 12.6. The predicted octanol–water partition coefficient (Wildman–Crippen LogP) is 4.25. The largest absolute Gasteiger partial charge is 0.338 e. The molecule has 1 atom stereocenters. The Bertz CT molecular complexity index is 862. The Kier molecular flexibility index (Phi) is 4.88. The van der Waals surface area contributed by atoms with Gasteiger partial charge in [-0.3, -0.25) is 4.79 Å². The number of nitrogens with zero attached hydrogens (tertiary/aromatic N) is 2. The van der Waals surface area contributed by atoms with Gasteiger partial charge in [-0.1, -0.05) is 53.5 Å². The van der Waals surface area contributed by atoms with Crippen molar-refractivity contribution in [2.24, 2.45) is 7.05 Å². The van der Waals surface area contributed by atoms with Crippen molar-refractivity contribution in [2.45, 2.75) is 6.04 Å². The van der Waals surface area contributed by atoms with Crippen molar-refractivity contribution in [1.29, 1.82) is 0 Å². The molecule has 0 aliphatic heterocycles. The van der Waals surface area contributed by atoms with Gasteiger partial charge in [0.05, 0.1) is 10.0 Å². The zero-order chi connectivity index (χ0) is 17.1. The number of halogens is 2. The minimum absolute atomic E-state index is 0.245. The summed E-state index contributed by atoms with van der Waals surface area (Å²) in [5.41, 5.74) is 1.39. The minimum atomic E-state index is -0.367. The molecule has 3 rings (SSSR count). The van der Waals surface area contributed by atoms with E-state index in [-0.39, 0.29) is 11.9 Å². The van der Waals surface area contributed by atoms with Crippen molar-refractivity contribution in [3.63, 3.8) is 0 Å². The molecule has 0 fully saturated rings. The van der Waals surface area contributed by atoms with Crippen LogP contribution in [-0.4, -0.2) is 15.5 Å². The standard InChI is InChI=1S/C18H15Cl2N3O/c1-23-10-9-21-17(23)16(12-5-3-2-4-6-12)22-18(24)13-7-8-14(19)15(20)11-13/h2-11,16H,1H3,(H,22,24)/t16-/m1/s1. The fraction of sp³-hybridized carbons (Fsp3) is 0.111. The van der Waals surface area contributed by atoms with Crippen molar-refractivity contribution in [1.82, 2.24) is 14.9 Å². The molecule has 0 saturated carbocycles. The number of carbonyl (C=O) groups is 1. The van der Waals surface area contributed by atoms with Gasteiger partial charge in [-0.15, -0.1) is 0 Å². The molecule has 0 unspecified atom stereocenters. The van der Waals surface area contributed by atoms with Crippen LogP contribution >= 0.6 is 23.2 Å². The number of carbonyl (C=O) groups excluding carboxylic acids is 1. The van der Waals surface area contributed by atoms with Gasteiger partial charge >= 0.3 is 0 Å². The second-order valence-corrected chi connectivity index (χ2v) is 6.16. The van der Waals surface area contributed by atoms with Gasteiger partial charge in [-0.25, -0.2) is 4.98 Å².